The van der Waals surface area contributed by atoms with Gasteiger partial charge < -0.3 is 9.64 Å². The minimum Gasteiger partial charge on any atom is -0.432 e. The van der Waals surface area contributed by atoms with E-state index in [0.29, 0.717) is 10.9 Å². The van der Waals surface area contributed by atoms with Gasteiger partial charge in [-0.3, -0.25) is 10.1 Å². The number of nitro groups is 1. The van der Waals surface area contributed by atoms with Gasteiger partial charge in [-0.15, -0.1) is 0 Å². The molecule has 6 heteroatoms. The second kappa shape index (κ2) is 4.70. The average molecular weight is 226 g/mol. The first-order valence-corrected chi connectivity index (χ1v) is 4.55. The van der Waals surface area contributed by atoms with Crippen molar-refractivity contribution in [3.05, 3.63) is 34.4 Å². The molecule has 0 aliphatic carbocycles. The first kappa shape index (κ1) is 11.4. The number of nitro benzene ring substituents is 1. The summed E-state index contributed by atoms with van der Waals surface area (Å²) in [5.41, 5.74) is 0.0260. The summed E-state index contributed by atoms with van der Waals surface area (Å²) in [6.07, 6.45) is 0. The summed E-state index contributed by atoms with van der Waals surface area (Å²) in [4.78, 5) is 11.5. The van der Waals surface area contributed by atoms with Crippen molar-refractivity contribution in [2.75, 3.05) is 14.1 Å². The summed E-state index contributed by atoms with van der Waals surface area (Å²) in [5, 5.41) is 10.7. The number of nitrogens with zero attached hydrogens (tertiary/aromatic N) is 2. The van der Waals surface area contributed by atoms with Gasteiger partial charge in [0.1, 0.15) is 5.75 Å². The topological polar surface area (TPSA) is 55.6 Å². The third-order valence-electron chi connectivity index (χ3n) is 1.62. The fourth-order valence-corrected chi connectivity index (χ4v) is 0.924. The van der Waals surface area contributed by atoms with E-state index in [9.17, 15) is 10.1 Å². The third kappa shape index (κ3) is 3.17. The molecule has 0 aliphatic rings. The smallest absolute Gasteiger partial charge is 0.269 e. The Morgan fingerprint density at radius 3 is 2.33 bits per heavy atom. The van der Waals surface area contributed by atoms with Crippen LogP contribution >= 0.6 is 12.2 Å². The molecule has 0 heterocycles. The van der Waals surface area contributed by atoms with Crippen molar-refractivity contribution in [2.24, 2.45) is 0 Å². The minimum absolute atomic E-state index is 0.0260. The molecular weight excluding hydrogens is 216 g/mol. The van der Waals surface area contributed by atoms with Gasteiger partial charge in [-0.2, -0.15) is 0 Å². The minimum atomic E-state index is -0.464. The zero-order chi connectivity index (χ0) is 11.4. The highest BCUT2D eigenvalue weighted by atomic mass is 32.1. The Balaban J connectivity index is 2.73. The average Bonchev–Trinajstić information content (AvgIpc) is 2.18. The summed E-state index contributed by atoms with van der Waals surface area (Å²) in [6, 6.07) is 5.75. The molecule has 0 spiro atoms. The van der Waals surface area contributed by atoms with Gasteiger partial charge in [0.25, 0.3) is 10.9 Å². The van der Waals surface area contributed by atoms with Gasteiger partial charge >= 0.3 is 0 Å². The van der Waals surface area contributed by atoms with E-state index in [4.69, 9.17) is 17.0 Å². The van der Waals surface area contributed by atoms with Crippen LogP contribution in [0.5, 0.6) is 5.75 Å². The van der Waals surface area contributed by atoms with Crippen LogP contribution in [0.2, 0.25) is 0 Å². The normalized spacial score (nSPS) is 9.47. The van der Waals surface area contributed by atoms with E-state index in [0.717, 1.165) is 0 Å². The summed E-state index contributed by atoms with van der Waals surface area (Å²) >= 11 is 4.91. The summed E-state index contributed by atoms with van der Waals surface area (Å²) in [6.45, 7) is 0. The Bertz CT molecular complexity index is 375. The van der Waals surface area contributed by atoms with Gasteiger partial charge in [-0.05, 0) is 24.4 Å². The molecule has 0 aromatic heterocycles. The van der Waals surface area contributed by atoms with E-state index >= 15 is 0 Å². The van der Waals surface area contributed by atoms with Gasteiger partial charge in [-0.25, -0.2) is 0 Å². The Hall–Kier alpha value is -1.69. The van der Waals surface area contributed by atoms with Crippen molar-refractivity contribution in [3.63, 3.8) is 0 Å². The molecule has 0 bridgehead atoms. The Morgan fingerprint density at radius 2 is 1.93 bits per heavy atom. The van der Waals surface area contributed by atoms with E-state index in [1.54, 1.807) is 19.0 Å². The molecule has 0 amide bonds. The lowest BCUT2D eigenvalue weighted by Crippen LogP contribution is -2.24. The lowest BCUT2D eigenvalue weighted by atomic mass is 10.3. The standard InChI is InChI=1S/C9H10N2O3S/c1-10(2)9(15)14-8-5-3-7(4-6-8)11(12)13/h3-6H,1-2H3. The molecule has 1 aromatic rings. The van der Waals surface area contributed by atoms with Crippen molar-refractivity contribution in [3.8, 4) is 5.75 Å². The Kier molecular flexibility index (Phi) is 3.56. The van der Waals surface area contributed by atoms with Gasteiger partial charge in [0.2, 0.25) is 0 Å². The van der Waals surface area contributed by atoms with Gasteiger partial charge in [0.05, 0.1) is 4.92 Å². The van der Waals surface area contributed by atoms with Crippen molar-refractivity contribution in [1.82, 2.24) is 4.90 Å². The lowest BCUT2D eigenvalue weighted by molar-refractivity contribution is -0.384. The number of hydrogen-bond acceptors (Lipinski definition) is 4. The fourth-order valence-electron chi connectivity index (χ4n) is 0.828. The van der Waals surface area contributed by atoms with Crippen molar-refractivity contribution >= 4 is 23.1 Å². The highest BCUT2D eigenvalue weighted by molar-refractivity contribution is 7.80. The summed E-state index contributed by atoms with van der Waals surface area (Å²) in [5.74, 6) is 0.485. The maximum absolute atomic E-state index is 10.4. The largest absolute Gasteiger partial charge is 0.432 e. The predicted octanol–water partition coefficient (Wildman–Crippen LogP) is 1.82. The van der Waals surface area contributed by atoms with E-state index in [2.05, 4.69) is 0 Å². The number of non-ortho nitro benzene ring substituents is 1. The van der Waals surface area contributed by atoms with E-state index in [1.165, 1.54) is 24.3 Å². The van der Waals surface area contributed by atoms with Gasteiger partial charge in [0.15, 0.2) is 0 Å². The maximum Gasteiger partial charge on any atom is 0.269 e. The van der Waals surface area contributed by atoms with Crippen molar-refractivity contribution < 1.29 is 9.66 Å². The van der Waals surface area contributed by atoms with E-state index in [-0.39, 0.29) is 5.69 Å². The number of hydrogen-bond donors (Lipinski definition) is 0. The van der Waals surface area contributed by atoms with Crippen LogP contribution in [0.25, 0.3) is 0 Å². The number of rotatable bonds is 2. The van der Waals surface area contributed by atoms with Crippen LogP contribution in [0.1, 0.15) is 0 Å². The quantitative estimate of drug-likeness (QED) is 0.437. The van der Waals surface area contributed by atoms with Crippen LogP contribution in [0.15, 0.2) is 24.3 Å². The molecule has 0 aliphatic heterocycles. The molecule has 5 nitrogen and oxygen atoms in total. The zero-order valence-electron chi connectivity index (χ0n) is 8.34. The molecule has 1 aromatic carbocycles. The van der Waals surface area contributed by atoms with E-state index < -0.39 is 4.92 Å². The van der Waals surface area contributed by atoms with Crippen LogP contribution in [-0.2, 0) is 0 Å². The first-order valence-electron chi connectivity index (χ1n) is 4.14. The van der Waals surface area contributed by atoms with E-state index in [1.807, 2.05) is 0 Å². The SMILES string of the molecule is CN(C)C(=S)Oc1ccc([N+](=O)[O-])cc1. The summed E-state index contributed by atoms with van der Waals surface area (Å²) in [7, 11) is 3.52. The molecule has 0 fully saturated rings. The molecule has 1 rings (SSSR count). The maximum atomic E-state index is 10.4. The molecule has 0 N–H and O–H groups in total. The lowest BCUT2D eigenvalue weighted by Gasteiger charge is -2.13. The highest BCUT2D eigenvalue weighted by Crippen LogP contribution is 2.17. The number of ether oxygens (including phenoxy) is 1. The van der Waals surface area contributed by atoms with Gasteiger partial charge in [-0.1, -0.05) is 0 Å². The molecule has 0 unspecified atom stereocenters. The highest BCUT2D eigenvalue weighted by Gasteiger charge is 2.06. The number of thiocarbonyl (C=S) groups is 1. The number of benzene rings is 1. The second-order valence-corrected chi connectivity index (χ2v) is 3.36. The fraction of sp³-hybridized carbons (Fsp3) is 0.222. The van der Waals surface area contributed by atoms with Crippen LogP contribution in [-0.4, -0.2) is 29.1 Å². The Labute approximate surface area is 92.4 Å². The molecule has 0 radical (unpaired) electrons. The van der Waals surface area contributed by atoms with Crippen LogP contribution in [0.3, 0.4) is 0 Å². The zero-order valence-corrected chi connectivity index (χ0v) is 9.15. The van der Waals surface area contributed by atoms with Crippen molar-refractivity contribution in [1.29, 1.82) is 0 Å². The molecule has 0 saturated heterocycles. The van der Waals surface area contributed by atoms with Gasteiger partial charge in [0, 0.05) is 26.2 Å². The molecule has 80 valence electrons. The predicted molar refractivity (Wildman–Crippen MR) is 60.0 cm³/mol. The van der Waals surface area contributed by atoms with Crippen LogP contribution in [0, 0.1) is 10.1 Å². The molecular formula is C9H10N2O3S. The monoisotopic (exact) mass is 226 g/mol. The van der Waals surface area contributed by atoms with Crippen LogP contribution in [0.4, 0.5) is 5.69 Å². The van der Waals surface area contributed by atoms with Crippen molar-refractivity contribution in [2.45, 2.75) is 0 Å². The third-order valence-corrected chi connectivity index (χ3v) is 2.07. The summed E-state index contributed by atoms with van der Waals surface area (Å²) < 4.78 is 5.25. The second-order valence-electron chi connectivity index (χ2n) is 3.01. The Morgan fingerprint density at radius 1 is 1.40 bits per heavy atom. The molecule has 0 atom stereocenters. The first-order chi connectivity index (χ1) is 7.00. The molecule has 15 heavy (non-hydrogen) atoms. The van der Waals surface area contributed by atoms with Crippen LogP contribution < -0.4 is 4.74 Å². The molecule has 0 saturated carbocycles.